The lowest BCUT2D eigenvalue weighted by Crippen LogP contribution is -1.84. The molecule has 4 nitrogen and oxygen atoms in total. The highest BCUT2D eigenvalue weighted by atomic mass is 35.5. The first-order valence-corrected chi connectivity index (χ1v) is 6.56. The standard InChI is InChI=1S/C15H12ClN3O/c1-9-5-6-19-13(7-9)17-14(15(19)18-20)11-3-4-12(16)10(2)8-11/h3-8H,1-2H3. The summed E-state index contributed by atoms with van der Waals surface area (Å²) in [4.78, 5) is 15.7. The van der Waals surface area contributed by atoms with Crippen LogP contribution in [0, 0.1) is 18.8 Å². The third-order valence-corrected chi connectivity index (χ3v) is 3.70. The molecule has 0 bridgehead atoms. The van der Waals surface area contributed by atoms with Gasteiger partial charge in [-0.05, 0) is 54.4 Å². The van der Waals surface area contributed by atoms with Gasteiger partial charge < -0.3 is 0 Å². The molecule has 0 saturated carbocycles. The molecule has 0 fully saturated rings. The summed E-state index contributed by atoms with van der Waals surface area (Å²) in [5.74, 6) is 0.307. The lowest BCUT2D eigenvalue weighted by atomic mass is 10.1. The molecule has 0 aliphatic rings. The van der Waals surface area contributed by atoms with Crippen LogP contribution in [-0.4, -0.2) is 9.38 Å². The zero-order chi connectivity index (χ0) is 14.3. The minimum atomic E-state index is 0.307. The van der Waals surface area contributed by atoms with Gasteiger partial charge in [0.2, 0.25) is 5.82 Å². The van der Waals surface area contributed by atoms with Crippen molar-refractivity contribution in [3.05, 3.63) is 57.6 Å². The topological polar surface area (TPSA) is 46.7 Å². The number of hydrogen-bond acceptors (Lipinski definition) is 3. The average molecular weight is 286 g/mol. The van der Waals surface area contributed by atoms with Gasteiger partial charge in [0.1, 0.15) is 11.3 Å². The van der Waals surface area contributed by atoms with Gasteiger partial charge in [0.15, 0.2) is 0 Å². The molecule has 2 aromatic heterocycles. The number of imidazole rings is 1. The van der Waals surface area contributed by atoms with Crippen molar-refractivity contribution in [1.82, 2.24) is 9.38 Å². The van der Waals surface area contributed by atoms with E-state index in [-0.39, 0.29) is 0 Å². The fourth-order valence-electron chi connectivity index (χ4n) is 2.21. The fourth-order valence-corrected chi connectivity index (χ4v) is 2.32. The molecule has 0 aliphatic heterocycles. The molecule has 100 valence electrons. The Morgan fingerprint density at radius 1 is 1.20 bits per heavy atom. The van der Waals surface area contributed by atoms with Gasteiger partial charge in [-0.1, -0.05) is 17.7 Å². The van der Waals surface area contributed by atoms with Gasteiger partial charge >= 0.3 is 0 Å². The maximum absolute atomic E-state index is 11.2. The molecule has 3 aromatic rings. The van der Waals surface area contributed by atoms with Crippen LogP contribution in [0.2, 0.25) is 5.02 Å². The van der Waals surface area contributed by atoms with E-state index in [1.807, 2.05) is 38.1 Å². The molecule has 2 heterocycles. The predicted molar refractivity (Wildman–Crippen MR) is 80.6 cm³/mol. The van der Waals surface area contributed by atoms with Crippen molar-refractivity contribution in [2.24, 2.45) is 5.18 Å². The number of aromatic nitrogens is 2. The van der Waals surface area contributed by atoms with Crippen LogP contribution in [0.15, 0.2) is 41.7 Å². The van der Waals surface area contributed by atoms with Crippen molar-refractivity contribution in [3.63, 3.8) is 0 Å². The van der Waals surface area contributed by atoms with E-state index < -0.39 is 0 Å². The molecule has 0 saturated heterocycles. The van der Waals surface area contributed by atoms with E-state index in [2.05, 4.69) is 10.2 Å². The third-order valence-electron chi connectivity index (χ3n) is 3.27. The Balaban J connectivity index is 2.29. The Hall–Kier alpha value is -2.20. The summed E-state index contributed by atoms with van der Waals surface area (Å²) >= 11 is 6.03. The molecular formula is C15H12ClN3O. The van der Waals surface area contributed by atoms with Crippen LogP contribution in [0.3, 0.4) is 0 Å². The first-order chi connectivity index (χ1) is 9.60. The zero-order valence-corrected chi connectivity index (χ0v) is 11.8. The van der Waals surface area contributed by atoms with Gasteiger partial charge in [0.25, 0.3) is 0 Å². The smallest absolute Gasteiger partial charge is 0.209 e. The van der Waals surface area contributed by atoms with Gasteiger partial charge in [-0.3, -0.25) is 4.40 Å². The second-order valence-electron chi connectivity index (χ2n) is 4.77. The first kappa shape index (κ1) is 12.8. The summed E-state index contributed by atoms with van der Waals surface area (Å²) in [6.45, 7) is 3.90. The number of nitrogens with zero attached hydrogens (tertiary/aromatic N) is 3. The van der Waals surface area contributed by atoms with Gasteiger partial charge in [-0.25, -0.2) is 4.98 Å². The van der Waals surface area contributed by atoms with Crippen LogP contribution in [0.4, 0.5) is 5.82 Å². The number of rotatable bonds is 2. The predicted octanol–water partition coefficient (Wildman–Crippen LogP) is 4.67. The lowest BCUT2D eigenvalue weighted by molar-refractivity contribution is 1.15. The van der Waals surface area contributed by atoms with Crippen molar-refractivity contribution in [1.29, 1.82) is 0 Å². The number of hydrogen-bond donors (Lipinski definition) is 0. The van der Waals surface area contributed by atoms with E-state index in [1.54, 1.807) is 16.7 Å². The van der Waals surface area contributed by atoms with Gasteiger partial charge in [0, 0.05) is 16.8 Å². The Bertz CT molecular complexity index is 823. The Labute approximate surface area is 121 Å². The molecule has 0 N–H and O–H groups in total. The van der Waals surface area contributed by atoms with Crippen molar-refractivity contribution in [2.75, 3.05) is 0 Å². The second-order valence-corrected chi connectivity index (χ2v) is 5.18. The van der Waals surface area contributed by atoms with Crippen LogP contribution in [0.1, 0.15) is 11.1 Å². The Morgan fingerprint density at radius 2 is 2.00 bits per heavy atom. The molecule has 0 spiro atoms. The third kappa shape index (κ3) is 1.98. The maximum Gasteiger partial charge on any atom is 0.209 e. The normalized spacial score (nSPS) is 10.9. The van der Waals surface area contributed by atoms with E-state index >= 15 is 0 Å². The highest BCUT2D eigenvalue weighted by Gasteiger charge is 2.15. The highest BCUT2D eigenvalue weighted by molar-refractivity contribution is 6.31. The number of benzene rings is 1. The van der Waals surface area contributed by atoms with Crippen molar-refractivity contribution in [3.8, 4) is 11.3 Å². The van der Waals surface area contributed by atoms with Crippen molar-refractivity contribution >= 4 is 23.1 Å². The molecule has 0 amide bonds. The van der Waals surface area contributed by atoms with E-state index in [4.69, 9.17) is 11.6 Å². The molecule has 0 unspecified atom stereocenters. The molecule has 5 heteroatoms. The number of nitroso groups, excluding NO2 is 1. The highest BCUT2D eigenvalue weighted by Crippen LogP contribution is 2.32. The number of fused-ring (bicyclic) bond motifs is 1. The van der Waals surface area contributed by atoms with Crippen LogP contribution < -0.4 is 0 Å². The summed E-state index contributed by atoms with van der Waals surface area (Å²) in [5.41, 5.74) is 4.14. The molecule has 0 aliphatic carbocycles. The van der Waals surface area contributed by atoms with Gasteiger partial charge in [-0.15, -0.1) is 4.91 Å². The molecular weight excluding hydrogens is 274 g/mol. The maximum atomic E-state index is 11.2. The fraction of sp³-hybridized carbons (Fsp3) is 0.133. The average Bonchev–Trinajstić information content (AvgIpc) is 2.79. The van der Waals surface area contributed by atoms with Gasteiger partial charge in [0.05, 0.1) is 0 Å². The van der Waals surface area contributed by atoms with Gasteiger partial charge in [-0.2, -0.15) is 0 Å². The van der Waals surface area contributed by atoms with E-state index in [0.717, 1.165) is 16.7 Å². The van der Waals surface area contributed by atoms with E-state index in [1.165, 1.54) is 0 Å². The second kappa shape index (κ2) is 4.72. The summed E-state index contributed by atoms with van der Waals surface area (Å²) in [6.07, 6.45) is 1.81. The minimum Gasteiger partial charge on any atom is -0.281 e. The Kier molecular flexibility index (Phi) is 3.03. The van der Waals surface area contributed by atoms with Crippen LogP contribution in [0.25, 0.3) is 16.9 Å². The van der Waals surface area contributed by atoms with E-state index in [9.17, 15) is 4.91 Å². The van der Waals surface area contributed by atoms with Crippen LogP contribution in [-0.2, 0) is 0 Å². The molecule has 1 aromatic carbocycles. The first-order valence-electron chi connectivity index (χ1n) is 6.19. The van der Waals surface area contributed by atoms with Crippen LogP contribution >= 0.6 is 11.6 Å². The SMILES string of the molecule is Cc1ccn2c(N=O)c(-c3ccc(Cl)c(C)c3)nc2c1. The van der Waals surface area contributed by atoms with Crippen LogP contribution in [0.5, 0.6) is 0 Å². The molecule has 0 radical (unpaired) electrons. The quantitative estimate of drug-likeness (QED) is 0.642. The largest absolute Gasteiger partial charge is 0.281 e. The summed E-state index contributed by atoms with van der Waals surface area (Å²) in [6, 6.07) is 9.39. The number of halogens is 1. The number of aryl methyl sites for hydroxylation is 2. The lowest BCUT2D eigenvalue weighted by Gasteiger charge is -2.01. The van der Waals surface area contributed by atoms with Crippen molar-refractivity contribution in [2.45, 2.75) is 13.8 Å². The summed E-state index contributed by atoms with van der Waals surface area (Å²) in [5, 5.41) is 3.82. The summed E-state index contributed by atoms with van der Waals surface area (Å²) < 4.78 is 1.69. The number of pyridine rings is 1. The monoisotopic (exact) mass is 285 g/mol. The summed E-state index contributed by atoms with van der Waals surface area (Å²) in [7, 11) is 0. The minimum absolute atomic E-state index is 0.307. The molecule has 0 atom stereocenters. The van der Waals surface area contributed by atoms with Crippen molar-refractivity contribution < 1.29 is 0 Å². The Morgan fingerprint density at radius 3 is 2.70 bits per heavy atom. The molecule has 3 rings (SSSR count). The van der Waals surface area contributed by atoms with E-state index in [0.29, 0.717) is 22.2 Å². The zero-order valence-electron chi connectivity index (χ0n) is 11.1. The molecule has 20 heavy (non-hydrogen) atoms.